The van der Waals surface area contributed by atoms with Gasteiger partial charge in [-0.15, -0.1) is 0 Å². The maximum Gasteiger partial charge on any atom is 0.311 e. The number of ether oxygens (including phenoxy) is 1. The molecule has 0 aliphatic rings. The molecule has 1 unspecified atom stereocenters. The number of carboxylic acid groups (broad SMARTS) is 1. The van der Waals surface area contributed by atoms with E-state index in [1.165, 1.54) is 0 Å². The zero-order valence-corrected chi connectivity index (χ0v) is 9.13. The molecule has 1 N–H and O–H groups in total. The summed E-state index contributed by atoms with van der Waals surface area (Å²) in [7, 11) is 0. The summed E-state index contributed by atoms with van der Waals surface area (Å²) in [5.41, 5.74) is -0.789. The fourth-order valence-corrected chi connectivity index (χ4v) is 0.594. The Morgan fingerprint density at radius 3 is 2.15 bits per heavy atom. The Balaban J connectivity index is 3.95. The molecule has 0 amide bonds. The van der Waals surface area contributed by atoms with Gasteiger partial charge in [-0.3, -0.25) is 4.79 Å². The topological polar surface area (TPSA) is 46.5 Å². The Bertz CT molecular complexity index is 173. The van der Waals surface area contributed by atoms with Crippen LogP contribution in [-0.2, 0) is 9.53 Å². The molecule has 13 heavy (non-hydrogen) atoms. The second-order valence-corrected chi connectivity index (χ2v) is 4.45. The molecular weight excluding hydrogens is 168 g/mol. The maximum absolute atomic E-state index is 10.7. The molecule has 78 valence electrons. The summed E-state index contributed by atoms with van der Waals surface area (Å²) >= 11 is 0. The quantitative estimate of drug-likeness (QED) is 0.719. The zero-order chi connectivity index (χ0) is 10.6. The van der Waals surface area contributed by atoms with E-state index in [9.17, 15) is 4.79 Å². The fraction of sp³-hybridized carbons (Fsp3) is 0.900. The standard InChI is InChI=1S/C10H20O3/c1-7(2)8(3)13-6-10(4,5)9(11)12/h7-8H,6H2,1-5H3,(H,11,12). The Labute approximate surface area is 80.1 Å². The van der Waals surface area contributed by atoms with E-state index in [-0.39, 0.29) is 12.7 Å². The van der Waals surface area contributed by atoms with Gasteiger partial charge in [-0.05, 0) is 26.7 Å². The smallest absolute Gasteiger partial charge is 0.311 e. The van der Waals surface area contributed by atoms with Gasteiger partial charge in [0.15, 0.2) is 0 Å². The summed E-state index contributed by atoms with van der Waals surface area (Å²) < 4.78 is 5.45. The molecule has 0 heterocycles. The lowest BCUT2D eigenvalue weighted by molar-refractivity contribution is -0.152. The minimum Gasteiger partial charge on any atom is -0.481 e. The molecule has 3 nitrogen and oxygen atoms in total. The second kappa shape index (κ2) is 4.61. The van der Waals surface area contributed by atoms with Crippen molar-refractivity contribution >= 4 is 5.97 Å². The van der Waals surface area contributed by atoms with Crippen LogP contribution in [0.25, 0.3) is 0 Å². The van der Waals surface area contributed by atoms with Gasteiger partial charge in [0.1, 0.15) is 0 Å². The summed E-state index contributed by atoms with van der Waals surface area (Å²) in [4.78, 5) is 10.7. The van der Waals surface area contributed by atoms with Gasteiger partial charge in [-0.25, -0.2) is 0 Å². The number of aliphatic carboxylic acids is 1. The monoisotopic (exact) mass is 188 g/mol. The molecule has 3 heteroatoms. The lowest BCUT2D eigenvalue weighted by Crippen LogP contribution is -2.32. The van der Waals surface area contributed by atoms with Crippen molar-refractivity contribution in [3.63, 3.8) is 0 Å². The third-order valence-electron chi connectivity index (χ3n) is 2.22. The van der Waals surface area contributed by atoms with E-state index in [2.05, 4.69) is 13.8 Å². The van der Waals surface area contributed by atoms with Crippen LogP contribution < -0.4 is 0 Å². The molecular formula is C10H20O3. The van der Waals surface area contributed by atoms with Gasteiger partial charge in [0.25, 0.3) is 0 Å². The Kier molecular flexibility index (Phi) is 4.40. The lowest BCUT2D eigenvalue weighted by Gasteiger charge is -2.23. The number of carboxylic acids is 1. The first-order chi connectivity index (χ1) is 5.77. The second-order valence-electron chi connectivity index (χ2n) is 4.45. The Morgan fingerprint density at radius 1 is 1.38 bits per heavy atom. The number of carbonyl (C=O) groups is 1. The highest BCUT2D eigenvalue weighted by atomic mass is 16.5. The number of hydrogen-bond acceptors (Lipinski definition) is 2. The molecule has 0 aromatic carbocycles. The minimum atomic E-state index is -0.816. The minimum absolute atomic E-state index is 0.110. The van der Waals surface area contributed by atoms with Crippen molar-refractivity contribution < 1.29 is 14.6 Å². The highest BCUT2D eigenvalue weighted by Gasteiger charge is 2.28. The van der Waals surface area contributed by atoms with Crippen LogP contribution in [0.4, 0.5) is 0 Å². The van der Waals surface area contributed by atoms with Gasteiger partial charge in [-0.1, -0.05) is 13.8 Å². The first kappa shape index (κ1) is 12.4. The van der Waals surface area contributed by atoms with Crippen LogP contribution in [0.2, 0.25) is 0 Å². The average molecular weight is 188 g/mol. The van der Waals surface area contributed by atoms with Crippen molar-refractivity contribution in [3.05, 3.63) is 0 Å². The van der Waals surface area contributed by atoms with Crippen LogP contribution in [0.1, 0.15) is 34.6 Å². The molecule has 0 bridgehead atoms. The van der Waals surface area contributed by atoms with Crippen molar-refractivity contribution in [2.45, 2.75) is 40.7 Å². The van der Waals surface area contributed by atoms with Gasteiger partial charge < -0.3 is 9.84 Å². The van der Waals surface area contributed by atoms with Gasteiger partial charge in [-0.2, -0.15) is 0 Å². The van der Waals surface area contributed by atoms with Gasteiger partial charge in [0, 0.05) is 0 Å². The predicted molar refractivity (Wildman–Crippen MR) is 51.7 cm³/mol. The van der Waals surface area contributed by atoms with Crippen LogP contribution in [0.15, 0.2) is 0 Å². The normalized spacial score (nSPS) is 14.6. The van der Waals surface area contributed by atoms with E-state index in [0.29, 0.717) is 5.92 Å². The lowest BCUT2D eigenvalue weighted by atomic mass is 9.95. The summed E-state index contributed by atoms with van der Waals surface area (Å²) in [5.74, 6) is -0.395. The van der Waals surface area contributed by atoms with Crippen molar-refractivity contribution in [3.8, 4) is 0 Å². The summed E-state index contributed by atoms with van der Waals surface area (Å²) in [5, 5.41) is 8.81. The molecule has 0 spiro atoms. The Morgan fingerprint density at radius 2 is 1.85 bits per heavy atom. The predicted octanol–water partition coefficient (Wildman–Crippen LogP) is 2.16. The van der Waals surface area contributed by atoms with Gasteiger partial charge in [0.05, 0.1) is 18.1 Å². The highest BCUT2D eigenvalue weighted by Crippen LogP contribution is 2.18. The van der Waals surface area contributed by atoms with Crippen molar-refractivity contribution in [2.75, 3.05) is 6.61 Å². The maximum atomic E-state index is 10.7. The number of rotatable bonds is 5. The summed E-state index contributed by atoms with van der Waals surface area (Å²) in [6.45, 7) is 9.67. The van der Waals surface area contributed by atoms with Crippen LogP contribution in [0.5, 0.6) is 0 Å². The molecule has 0 fully saturated rings. The molecule has 0 aromatic heterocycles. The van der Waals surface area contributed by atoms with Crippen LogP contribution in [0.3, 0.4) is 0 Å². The molecule has 0 saturated heterocycles. The van der Waals surface area contributed by atoms with Gasteiger partial charge in [0.2, 0.25) is 0 Å². The zero-order valence-electron chi connectivity index (χ0n) is 9.13. The van der Waals surface area contributed by atoms with E-state index < -0.39 is 11.4 Å². The van der Waals surface area contributed by atoms with E-state index in [4.69, 9.17) is 9.84 Å². The van der Waals surface area contributed by atoms with Crippen LogP contribution in [0, 0.1) is 11.3 Å². The van der Waals surface area contributed by atoms with E-state index in [1.807, 2.05) is 6.92 Å². The van der Waals surface area contributed by atoms with E-state index in [1.54, 1.807) is 13.8 Å². The summed E-state index contributed by atoms with van der Waals surface area (Å²) in [6, 6.07) is 0. The van der Waals surface area contributed by atoms with E-state index >= 15 is 0 Å². The molecule has 0 saturated carbocycles. The fourth-order valence-electron chi connectivity index (χ4n) is 0.594. The highest BCUT2D eigenvalue weighted by molar-refractivity contribution is 5.73. The summed E-state index contributed by atoms with van der Waals surface area (Å²) in [6.07, 6.45) is 0.110. The van der Waals surface area contributed by atoms with E-state index in [0.717, 1.165) is 0 Å². The van der Waals surface area contributed by atoms with Crippen LogP contribution in [-0.4, -0.2) is 23.8 Å². The molecule has 0 aliphatic carbocycles. The Hall–Kier alpha value is -0.570. The third kappa shape index (κ3) is 4.27. The number of hydrogen-bond donors (Lipinski definition) is 1. The van der Waals surface area contributed by atoms with Crippen molar-refractivity contribution in [1.82, 2.24) is 0 Å². The first-order valence-electron chi connectivity index (χ1n) is 4.62. The molecule has 1 atom stereocenters. The van der Waals surface area contributed by atoms with Crippen molar-refractivity contribution in [1.29, 1.82) is 0 Å². The van der Waals surface area contributed by atoms with Crippen LogP contribution >= 0.6 is 0 Å². The molecule has 0 aromatic rings. The third-order valence-corrected chi connectivity index (χ3v) is 2.22. The SMILES string of the molecule is CC(C)C(C)OCC(C)(C)C(=O)O. The van der Waals surface area contributed by atoms with Gasteiger partial charge >= 0.3 is 5.97 Å². The average Bonchev–Trinajstić information content (AvgIpc) is 1.99. The van der Waals surface area contributed by atoms with Crippen molar-refractivity contribution in [2.24, 2.45) is 11.3 Å². The molecule has 0 radical (unpaired) electrons. The molecule has 0 aliphatic heterocycles. The largest absolute Gasteiger partial charge is 0.481 e. The molecule has 0 rings (SSSR count). The first-order valence-corrected chi connectivity index (χ1v) is 4.62.